The fourth-order valence-electron chi connectivity index (χ4n) is 2.26. The Kier molecular flexibility index (Phi) is 3.58. The molecule has 1 amide bonds. The smallest absolute Gasteiger partial charge is 0.316 e. The molecule has 0 bridgehead atoms. The first-order valence-electron chi connectivity index (χ1n) is 6.54. The molecule has 1 unspecified atom stereocenters. The number of hydrogen-bond acceptors (Lipinski definition) is 5. The number of aromatic nitrogens is 4. The fraction of sp³-hybridized carbons (Fsp3) is 0.385. The van der Waals surface area contributed by atoms with E-state index < -0.39 is 0 Å². The zero-order chi connectivity index (χ0) is 13.8. The molecule has 3 heterocycles. The highest BCUT2D eigenvalue weighted by Crippen LogP contribution is 2.16. The van der Waals surface area contributed by atoms with Crippen LogP contribution in [0, 0.1) is 0 Å². The van der Waals surface area contributed by atoms with Gasteiger partial charge in [0, 0.05) is 25.1 Å². The minimum Gasteiger partial charge on any atom is -0.458 e. The summed E-state index contributed by atoms with van der Waals surface area (Å²) in [5, 5.41) is 6.45. The molecular weight excluding hydrogens is 258 g/mol. The lowest BCUT2D eigenvalue weighted by molar-refractivity contribution is 0.0516. The maximum atomic E-state index is 12.2. The molecule has 0 saturated carbocycles. The molecule has 7 heteroatoms. The Labute approximate surface area is 116 Å². The molecule has 1 aliphatic heterocycles. The average molecular weight is 273 g/mol. The number of likely N-dealkylation sites (tertiary alicyclic amines) is 1. The van der Waals surface area contributed by atoms with E-state index in [0.717, 1.165) is 19.4 Å². The van der Waals surface area contributed by atoms with Crippen LogP contribution in [0.2, 0.25) is 0 Å². The number of hydrogen-bond donors (Lipinski definition) is 1. The molecule has 1 aliphatic rings. The quantitative estimate of drug-likeness (QED) is 0.897. The minimum absolute atomic E-state index is 0.0268. The Morgan fingerprint density at radius 3 is 3.00 bits per heavy atom. The maximum Gasteiger partial charge on any atom is 0.316 e. The molecule has 1 N–H and O–H groups in total. The third kappa shape index (κ3) is 2.76. The first-order valence-corrected chi connectivity index (χ1v) is 6.54. The van der Waals surface area contributed by atoms with Crippen molar-refractivity contribution in [3.8, 4) is 6.01 Å². The van der Waals surface area contributed by atoms with Crippen LogP contribution >= 0.6 is 0 Å². The number of nitrogens with one attached hydrogen (secondary N) is 1. The summed E-state index contributed by atoms with van der Waals surface area (Å²) in [6.07, 6.45) is 8.15. The minimum atomic E-state index is -0.0676. The first-order chi connectivity index (χ1) is 9.83. The van der Waals surface area contributed by atoms with Gasteiger partial charge in [-0.3, -0.25) is 9.89 Å². The van der Waals surface area contributed by atoms with Crippen LogP contribution in [-0.4, -0.2) is 50.2 Å². The number of nitrogens with zero attached hydrogens (tertiary/aromatic N) is 4. The molecule has 1 fully saturated rings. The van der Waals surface area contributed by atoms with E-state index in [-0.39, 0.29) is 12.0 Å². The summed E-state index contributed by atoms with van der Waals surface area (Å²) in [6.45, 7) is 1.28. The highest BCUT2D eigenvalue weighted by Gasteiger charge is 2.26. The third-order valence-corrected chi connectivity index (χ3v) is 3.22. The largest absolute Gasteiger partial charge is 0.458 e. The van der Waals surface area contributed by atoms with Gasteiger partial charge in [-0.25, -0.2) is 9.97 Å². The maximum absolute atomic E-state index is 12.2. The molecule has 0 spiro atoms. The lowest BCUT2D eigenvalue weighted by atomic mass is 10.1. The molecule has 0 aliphatic carbocycles. The van der Waals surface area contributed by atoms with Gasteiger partial charge < -0.3 is 9.64 Å². The van der Waals surface area contributed by atoms with E-state index in [4.69, 9.17) is 4.74 Å². The summed E-state index contributed by atoms with van der Waals surface area (Å²) in [6, 6.07) is 2.10. The van der Waals surface area contributed by atoms with Gasteiger partial charge in [0.1, 0.15) is 6.10 Å². The second kappa shape index (κ2) is 5.68. The zero-order valence-corrected chi connectivity index (χ0v) is 10.9. The first kappa shape index (κ1) is 12.6. The van der Waals surface area contributed by atoms with Crippen LogP contribution in [-0.2, 0) is 0 Å². The van der Waals surface area contributed by atoms with E-state index in [0.29, 0.717) is 18.1 Å². The highest BCUT2D eigenvalue weighted by molar-refractivity contribution is 5.93. The number of carbonyl (C=O) groups excluding carboxylic acids is 1. The van der Waals surface area contributed by atoms with E-state index in [9.17, 15) is 4.79 Å². The molecule has 2 aromatic heterocycles. The van der Waals surface area contributed by atoms with E-state index >= 15 is 0 Å². The molecule has 0 aromatic carbocycles. The SMILES string of the molecule is O=C(c1cn[nH]c1)N1CCCC(Oc2ncccn2)C1. The molecule has 7 nitrogen and oxygen atoms in total. The van der Waals surface area contributed by atoms with Crippen molar-refractivity contribution in [3.05, 3.63) is 36.4 Å². The van der Waals surface area contributed by atoms with Gasteiger partial charge in [-0.1, -0.05) is 0 Å². The van der Waals surface area contributed by atoms with Crippen molar-refractivity contribution in [3.63, 3.8) is 0 Å². The Hall–Kier alpha value is -2.44. The molecule has 2 aromatic rings. The number of rotatable bonds is 3. The van der Waals surface area contributed by atoms with Crippen molar-refractivity contribution in [2.24, 2.45) is 0 Å². The van der Waals surface area contributed by atoms with Gasteiger partial charge in [0.2, 0.25) is 0 Å². The van der Waals surface area contributed by atoms with Gasteiger partial charge >= 0.3 is 6.01 Å². The summed E-state index contributed by atoms with van der Waals surface area (Å²) < 4.78 is 5.71. The second-order valence-electron chi connectivity index (χ2n) is 4.65. The third-order valence-electron chi connectivity index (χ3n) is 3.22. The summed E-state index contributed by atoms with van der Waals surface area (Å²) in [4.78, 5) is 22.1. The van der Waals surface area contributed by atoms with Crippen LogP contribution in [0.4, 0.5) is 0 Å². The van der Waals surface area contributed by atoms with Crippen LogP contribution in [0.15, 0.2) is 30.9 Å². The molecule has 104 valence electrons. The molecule has 1 atom stereocenters. The van der Waals surface area contributed by atoms with Gasteiger partial charge in [-0.15, -0.1) is 0 Å². The van der Waals surface area contributed by atoms with Crippen LogP contribution in [0.1, 0.15) is 23.2 Å². The lowest BCUT2D eigenvalue weighted by Crippen LogP contribution is -2.44. The van der Waals surface area contributed by atoms with Gasteiger partial charge in [0.05, 0.1) is 18.3 Å². The predicted molar refractivity (Wildman–Crippen MR) is 70.2 cm³/mol. The monoisotopic (exact) mass is 273 g/mol. The number of ether oxygens (including phenoxy) is 1. The number of amides is 1. The van der Waals surface area contributed by atoms with Gasteiger partial charge in [0.25, 0.3) is 5.91 Å². The van der Waals surface area contributed by atoms with Crippen LogP contribution in [0.25, 0.3) is 0 Å². The van der Waals surface area contributed by atoms with E-state index in [1.165, 1.54) is 6.20 Å². The number of aromatic amines is 1. The van der Waals surface area contributed by atoms with Crippen molar-refractivity contribution in [1.82, 2.24) is 25.1 Å². The number of H-pyrrole nitrogens is 1. The topological polar surface area (TPSA) is 84.0 Å². The predicted octanol–water partition coefficient (Wildman–Crippen LogP) is 0.883. The Balaban J connectivity index is 1.63. The average Bonchev–Trinajstić information content (AvgIpc) is 3.02. The summed E-state index contributed by atoms with van der Waals surface area (Å²) in [5.74, 6) is -0.0268. The van der Waals surface area contributed by atoms with Crippen LogP contribution < -0.4 is 4.74 Å². The van der Waals surface area contributed by atoms with Crippen molar-refractivity contribution in [2.45, 2.75) is 18.9 Å². The van der Waals surface area contributed by atoms with Gasteiger partial charge in [0.15, 0.2) is 0 Å². The Morgan fingerprint density at radius 1 is 1.40 bits per heavy atom. The summed E-state index contributed by atoms with van der Waals surface area (Å²) in [5.41, 5.74) is 0.571. The normalized spacial score (nSPS) is 18.8. The molecule has 0 radical (unpaired) electrons. The molecule has 20 heavy (non-hydrogen) atoms. The highest BCUT2D eigenvalue weighted by atomic mass is 16.5. The van der Waals surface area contributed by atoms with Crippen LogP contribution in [0.5, 0.6) is 6.01 Å². The fourth-order valence-corrected chi connectivity index (χ4v) is 2.26. The number of piperidine rings is 1. The van der Waals surface area contributed by atoms with Crippen molar-refractivity contribution in [1.29, 1.82) is 0 Å². The van der Waals surface area contributed by atoms with Crippen molar-refractivity contribution < 1.29 is 9.53 Å². The lowest BCUT2D eigenvalue weighted by Gasteiger charge is -2.32. The van der Waals surface area contributed by atoms with Crippen molar-refractivity contribution >= 4 is 5.91 Å². The number of carbonyl (C=O) groups is 1. The summed E-state index contributed by atoms with van der Waals surface area (Å²) >= 11 is 0. The zero-order valence-electron chi connectivity index (χ0n) is 10.9. The second-order valence-corrected chi connectivity index (χ2v) is 4.65. The van der Waals surface area contributed by atoms with Gasteiger partial charge in [-0.05, 0) is 18.9 Å². The van der Waals surface area contributed by atoms with E-state index in [1.54, 1.807) is 29.6 Å². The van der Waals surface area contributed by atoms with Crippen molar-refractivity contribution in [2.75, 3.05) is 13.1 Å². The summed E-state index contributed by atoms with van der Waals surface area (Å²) in [7, 11) is 0. The molecule has 1 saturated heterocycles. The van der Waals surface area contributed by atoms with Gasteiger partial charge in [-0.2, -0.15) is 5.10 Å². The van der Waals surface area contributed by atoms with Crippen LogP contribution in [0.3, 0.4) is 0 Å². The molecule has 3 rings (SSSR count). The standard InChI is InChI=1S/C13H15N5O2/c19-12(10-7-16-17-8-10)18-6-1-3-11(9-18)20-13-14-4-2-5-15-13/h2,4-5,7-8,11H,1,3,6,9H2,(H,16,17). The Bertz CT molecular complexity index is 557. The van der Waals surface area contributed by atoms with E-state index in [1.807, 2.05) is 0 Å². The Morgan fingerprint density at radius 2 is 2.25 bits per heavy atom. The molecular formula is C13H15N5O2. The van der Waals surface area contributed by atoms with E-state index in [2.05, 4.69) is 20.2 Å².